The molecule has 1 aromatic carbocycles. The van der Waals surface area contributed by atoms with Gasteiger partial charge in [-0.25, -0.2) is 13.1 Å². The van der Waals surface area contributed by atoms with Gasteiger partial charge in [0.15, 0.2) is 4.90 Å². The zero-order valence-corrected chi connectivity index (χ0v) is 12.3. The molecule has 9 heteroatoms. The molecule has 0 unspecified atom stereocenters. The standard InChI is InChI=1S/C11H18N4O4S/c1-11(2,3)7-13-20(18,19)10-6-8(14-12)4-5-9(10)15(16)17/h4-6,13-14H,7,12H2,1-3H3. The van der Waals surface area contributed by atoms with Gasteiger partial charge >= 0.3 is 0 Å². The first kappa shape index (κ1) is 16.3. The Bertz CT molecular complexity index is 607. The summed E-state index contributed by atoms with van der Waals surface area (Å²) in [5.41, 5.74) is 1.75. The van der Waals surface area contributed by atoms with Crippen molar-refractivity contribution in [2.45, 2.75) is 25.7 Å². The van der Waals surface area contributed by atoms with E-state index in [-0.39, 0.29) is 17.6 Å². The molecule has 20 heavy (non-hydrogen) atoms. The third kappa shape index (κ3) is 4.15. The number of nitro groups is 1. The number of hydrogen-bond acceptors (Lipinski definition) is 6. The van der Waals surface area contributed by atoms with E-state index in [0.717, 1.165) is 12.1 Å². The molecule has 0 bridgehead atoms. The maximum Gasteiger partial charge on any atom is 0.289 e. The predicted octanol–water partition coefficient (Wildman–Crippen LogP) is 1.20. The number of nitrogens with zero attached hydrogens (tertiary/aromatic N) is 1. The molecule has 0 heterocycles. The normalized spacial score (nSPS) is 12.2. The Morgan fingerprint density at radius 2 is 1.95 bits per heavy atom. The predicted molar refractivity (Wildman–Crippen MR) is 75.6 cm³/mol. The number of hydrogen-bond donors (Lipinski definition) is 3. The second-order valence-electron chi connectivity index (χ2n) is 5.47. The zero-order valence-electron chi connectivity index (χ0n) is 11.5. The van der Waals surface area contributed by atoms with E-state index < -0.39 is 25.5 Å². The van der Waals surface area contributed by atoms with Crippen LogP contribution in [0.1, 0.15) is 20.8 Å². The highest BCUT2D eigenvalue weighted by molar-refractivity contribution is 7.89. The van der Waals surface area contributed by atoms with Gasteiger partial charge < -0.3 is 5.43 Å². The van der Waals surface area contributed by atoms with Gasteiger partial charge in [0.2, 0.25) is 10.0 Å². The summed E-state index contributed by atoms with van der Waals surface area (Å²) in [5.74, 6) is 5.20. The molecule has 1 aromatic rings. The molecular weight excluding hydrogens is 284 g/mol. The molecule has 0 aromatic heterocycles. The molecule has 0 saturated heterocycles. The van der Waals surface area contributed by atoms with Crippen molar-refractivity contribution < 1.29 is 13.3 Å². The molecule has 0 aliphatic carbocycles. The van der Waals surface area contributed by atoms with E-state index in [1.807, 2.05) is 20.8 Å². The summed E-state index contributed by atoms with van der Waals surface area (Å²) in [5, 5.41) is 10.9. The fourth-order valence-corrected chi connectivity index (χ4v) is 2.84. The Hall–Kier alpha value is -1.71. The highest BCUT2D eigenvalue weighted by atomic mass is 32.2. The Morgan fingerprint density at radius 3 is 2.40 bits per heavy atom. The van der Waals surface area contributed by atoms with Gasteiger partial charge in [-0.2, -0.15) is 0 Å². The van der Waals surface area contributed by atoms with Gasteiger partial charge in [-0.05, 0) is 17.5 Å². The van der Waals surface area contributed by atoms with Crippen molar-refractivity contribution in [2.75, 3.05) is 12.0 Å². The lowest BCUT2D eigenvalue weighted by Gasteiger charge is -2.18. The van der Waals surface area contributed by atoms with Crippen LogP contribution >= 0.6 is 0 Å². The average Bonchev–Trinajstić information content (AvgIpc) is 2.35. The van der Waals surface area contributed by atoms with Crippen molar-refractivity contribution in [3.63, 3.8) is 0 Å². The number of nitrogen functional groups attached to an aromatic ring is 1. The van der Waals surface area contributed by atoms with Crippen LogP contribution in [0.4, 0.5) is 11.4 Å². The highest BCUT2D eigenvalue weighted by Gasteiger charge is 2.27. The van der Waals surface area contributed by atoms with Gasteiger partial charge in [0, 0.05) is 12.6 Å². The number of hydrazine groups is 1. The van der Waals surface area contributed by atoms with Crippen LogP contribution in [0.3, 0.4) is 0 Å². The molecule has 112 valence electrons. The summed E-state index contributed by atoms with van der Waals surface area (Å²) in [4.78, 5) is 9.77. The lowest BCUT2D eigenvalue weighted by Crippen LogP contribution is -2.32. The van der Waals surface area contributed by atoms with E-state index in [9.17, 15) is 18.5 Å². The summed E-state index contributed by atoms with van der Waals surface area (Å²) in [6.45, 7) is 5.71. The Balaban J connectivity index is 3.25. The van der Waals surface area contributed by atoms with Gasteiger partial charge in [0.1, 0.15) is 0 Å². The largest absolute Gasteiger partial charge is 0.324 e. The molecule has 0 saturated carbocycles. The molecular formula is C11H18N4O4S. The average molecular weight is 302 g/mol. The molecule has 0 aliphatic heterocycles. The molecule has 0 atom stereocenters. The molecule has 0 amide bonds. The van der Waals surface area contributed by atoms with Crippen LogP contribution in [-0.4, -0.2) is 19.9 Å². The van der Waals surface area contributed by atoms with Crippen LogP contribution in [0, 0.1) is 15.5 Å². The first-order valence-electron chi connectivity index (χ1n) is 5.81. The monoisotopic (exact) mass is 302 g/mol. The van der Waals surface area contributed by atoms with Gasteiger partial charge in [-0.3, -0.25) is 16.0 Å². The second kappa shape index (κ2) is 5.73. The summed E-state index contributed by atoms with van der Waals surface area (Å²) in [6.07, 6.45) is 0. The van der Waals surface area contributed by atoms with Crippen molar-refractivity contribution in [1.82, 2.24) is 4.72 Å². The number of anilines is 1. The number of nitro benzene ring substituents is 1. The van der Waals surface area contributed by atoms with E-state index in [2.05, 4.69) is 10.1 Å². The topological polar surface area (TPSA) is 127 Å². The second-order valence-corrected chi connectivity index (χ2v) is 7.20. The molecule has 0 fully saturated rings. The van der Waals surface area contributed by atoms with Crippen molar-refractivity contribution in [1.29, 1.82) is 0 Å². The quantitative estimate of drug-likeness (QED) is 0.426. The van der Waals surface area contributed by atoms with Gasteiger partial charge in [0.05, 0.1) is 10.6 Å². The number of rotatable bonds is 5. The molecule has 0 spiro atoms. The van der Waals surface area contributed by atoms with Crippen molar-refractivity contribution in [3.8, 4) is 0 Å². The number of benzene rings is 1. The minimum Gasteiger partial charge on any atom is -0.324 e. The smallest absolute Gasteiger partial charge is 0.289 e. The van der Waals surface area contributed by atoms with Crippen LogP contribution in [0.5, 0.6) is 0 Å². The van der Waals surface area contributed by atoms with Crippen molar-refractivity contribution >= 4 is 21.4 Å². The minimum atomic E-state index is -3.99. The van der Waals surface area contributed by atoms with Crippen molar-refractivity contribution in [2.24, 2.45) is 11.3 Å². The fraction of sp³-hybridized carbons (Fsp3) is 0.455. The Labute approximate surface area is 117 Å². The Kier molecular flexibility index (Phi) is 4.69. The van der Waals surface area contributed by atoms with E-state index in [0.29, 0.717) is 0 Å². The lowest BCUT2D eigenvalue weighted by molar-refractivity contribution is -0.387. The number of nitrogens with one attached hydrogen (secondary N) is 2. The first-order chi connectivity index (χ1) is 9.07. The SMILES string of the molecule is CC(C)(C)CNS(=O)(=O)c1cc(NN)ccc1[N+](=O)[O-]. The molecule has 0 aliphatic rings. The Morgan fingerprint density at radius 1 is 1.35 bits per heavy atom. The third-order valence-corrected chi connectivity index (χ3v) is 3.84. The highest BCUT2D eigenvalue weighted by Crippen LogP contribution is 2.27. The van der Waals surface area contributed by atoms with Gasteiger partial charge in [0.25, 0.3) is 5.69 Å². The van der Waals surface area contributed by atoms with Crippen LogP contribution in [-0.2, 0) is 10.0 Å². The summed E-state index contributed by atoms with van der Waals surface area (Å²) < 4.78 is 26.7. The first-order valence-corrected chi connectivity index (χ1v) is 7.30. The van der Waals surface area contributed by atoms with E-state index in [1.165, 1.54) is 6.07 Å². The third-order valence-electron chi connectivity index (χ3n) is 2.41. The molecule has 0 radical (unpaired) electrons. The minimum absolute atomic E-state index is 0.159. The lowest BCUT2D eigenvalue weighted by atomic mass is 9.98. The van der Waals surface area contributed by atoms with E-state index >= 15 is 0 Å². The summed E-state index contributed by atoms with van der Waals surface area (Å²) in [7, 11) is -3.99. The van der Waals surface area contributed by atoms with Crippen molar-refractivity contribution in [3.05, 3.63) is 28.3 Å². The summed E-state index contributed by atoms with van der Waals surface area (Å²) >= 11 is 0. The maximum absolute atomic E-state index is 12.2. The van der Waals surface area contributed by atoms with E-state index in [1.54, 1.807) is 0 Å². The summed E-state index contributed by atoms with van der Waals surface area (Å²) in [6, 6.07) is 3.56. The number of sulfonamides is 1. The van der Waals surface area contributed by atoms with Crippen LogP contribution in [0.25, 0.3) is 0 Å². The number of nitrogens with two attached hydrogens (primary N) is 1. The van der Waals surface area contributed by atoms with Crippen LogP contribution < -0.4 is 16.0 Å². The van der Waals surface area contributed by atoms with Crippen LogP contribution in [0.15, 0.2) is 23.1 Å². The fourth-order valence-electron chi connectivity index (χ4n) is 1.36. The molecule has 8 nitrogen and oxygen atoms in total. The molecule has 1 rings (SSSR count). The van der Waals surface area contributed by atoms with Gasteiger partial charge in [-0.1, -0.05) is 20.8 Å². The molecule has 4 N–H and O–H groups in total. The van der Waals surface area contributed by atoms with E-state index in [4.69, 9.17) is 5.84 Å². The zero-order chi connectivity index (χ0) is 15.6. The maximum atomic E-state index is 12.2. The van der Waals surface area contributed by atoms with Crippen LogP contribution in [0.2, 0.25) is 0 Å². The van der Waals surface area contributed by atoms with Gasteiger partial charge in [-0.15, -0.1) is 0 Å².